The first-order valence-corrected chi connectivity index (χ1v) is 12.9. The molecule has 5 N–H and O–H groups in total. The van der Waals surface area contributed by atoms with E-state index in [1.165, 1.54) is 0 Å². The molecule has 0 saturated carbocycles. The van der Waals surface area contributed by atoms with Gasteiger partial charge in [0.25, 0.3) is 0 Å². The maximum Gasteiger partial charge on any atom is 0.504 e. The molecule has 0 saturated heterocycles. The third-order valence-electron chi connectivity index (χ3n) is 5.94. The lowest BCUT2D eigenvalue weighted by Gasteiger charge is -2.19. The summed E-state index contributed by atoms with van der Waals surface area (Å²) in [6.45, 7) is 3.90. The minimum atomic E-state index is -1.49. The number of hydrogen-bond acceptors (Lipinski definition) is 10. The van der Waals surface area contributed by atoms with Crippen LogP contribution in [0.4, 0.5) is 0 Å². The van der Waals surface area contributed by atoms with Crippen LogP contribution >= 0.6 is 0 Å². The largest absolute Gasteiger partial charge is 0.539 e. The molecule has 0 aliphatic carbocycles. The molecule has 10 nitrogen and oxygen atoms in total. The van der Waals surface area contributed by atoms with E-state index in [1.807, 2.05) is 12.1 Å². The van der Waals surface area contributed by atoms with E-state index < -0.39 is 14.2 Å². The standard InChI is InChI=1S/C27H33B3N4O6/c35-28-40-27-11-5-24(6-12-27)21-33-15-18-34(16-13-31-19-22-1-7-25(8-2-22)29(36)37)17-14-32-20-23-3-9-26(10-4-23)30(38)39/h1-12,19-21,28,35-39H,13-18H2. The molecule has 0 amide bonds. The first-order chi connectivity index (χ1) is 19.4. The molecule has 3 rings (SSSR count). The van der Waals surface area contributed by atoms with Crippen LogP contribution in [-0.2, 0) is 0 Å². The molecular formula is C27H33B3N4O6. The number of benzene rings is 3. The molecule has 0 spiro atoms. The first kappa shape index (κ1) is 31.0. The van der Waals surface area contributed by atoms with E-state index in [1.54, 1.807) is 79.3 Å². The second-order valence-electron chi connectivity index (χ2n) is 8.87. The Bertz CT molecular complexity index is 1160. The van der Waals surface area contributed by atoms with Crippen molar-refractivity contribution < 1.29 is 29.8 Å². The molecule has 0 radical (unpaired) electrons. The highest BCUT2D eigenvalue weighted by molar-refractivity contribution is 6.58. The fourth-order valence-corrected chi connectivity index (χ4v) is 3.68. The topological polar surface area (TPSA) is 151 Å². The van der Waals surface area contributed by atoms with E-state index >= 15 is 0 Å². The highest BCUT2D eigenvalue weighted by Gasteiger charge is 2.10. The number of aliphatic imine (C=N–C) groups is 3. The lowest BCUT2D eigenvalue weighted by Crippen LogP contribution is -2.31. The van der Waals surface area contributed by atoms with Gasteiger partial charge in [0.1, 0.15) is 5.75 Å². The predicted octanol–water partition coefficient (Wildman–Crippen LogP) is -1.36. The lowest BCUT2D eigenvalue weighted by molar-refractivity contribution is 0.298. The maximum absolute atomic E-state index is 9.22. The van der Waals surface area contributed by atoms with Gasteiger partial charge in [-0.25, -0.2) is 0 Å². The van der Waals surface area contributed by atoms with Gasteiger partial charge in [0.15, 0.2) is 0 Å². The van der Waals surface area contributed by atoms with Crippen molar-refractivity contribution in [2.45, 2.75) is 0 Å². The third-order valence-corrected chi connectivity index (χ3v) is 5.94. The van der Waals surface area contributed by atoms with Gasteiger partial charge in [0, 0.05) is 38.3 Å². The third kappa shape index (κ3) is 11.3. The van der Waals surface area contributed by atoms with Crippen LogP contribution in [0.25, 0.3) is 0 Å². The van der Waals surface area contributed by atoms with Crippen molar-refractivity contribution >= 4 is 51.5 Å². The zero-order chi connectivity index (χ0) is 28.6. The highest BCUT2D eigenvalue weighted by atomic mass is 16.5. The molecule has 3 aromatic carbocycles. The zero-order valence-corrected chi connectivity index (χ0v) is 22.2. The summed E-state index contributed by atoms with van der Waals surface area (Å²) >= 11 is 0. The quantitative estimate of drug-likeness (QED) is 0.111. The summed E-state index contributed by atoms with van der Waals surface area (Å²) in [5.41, 5.74) is 3.55. The van der Waals surface area contributed by atoms with Crippen LogP contribution in [0.1, 0.15) is 16.7 Å². The van der Waals surface area contributed by atoms with Crippen molar-refractivity contribution in [3.63, 3.8) is 0 Å². The van der Waals surface area contributed by atoms with Gasteiger partial charge in [0.05, 0.1) is 19.6 Å². The van der Waals surface area contributed by atoms with Crippen LogP contribution in [-0.4, -0.2) is 110 Å². The van der Waals surface area contributed by atoms with E-state index in [0.29, 0.717) is 49.4 Å². The van der Waals surface area contributed by atoms with Crippen molar-refractivity contribution in [3.8, 4) is 5.75 Å². The second kappa shape index (κ2) is 17.2. The van der Waals surface area contributed by atoms with E-state index in [-0.39, 0.29) is 7.69 Å². The minimum Gasteiger partial charge on any atom is -0.539 e. The van der Waals surface area contributed by atoms with Crippen LogP contribution in [0, 0.1) is 0 Å². The van der Waals surface area contributed by atoms with Crippen molar-refractivity contribution in [1.82, 2.24) is 4.90 Å². The molecule has 0 aliphatic rings. The minimum absolute atomic E-state index is 0.363. The lowest BCUT2D eigenvalue weighted by atomic mass is 9.80. The molecule has 3 aromatic rings. The molecule has 0 unspecified atom stereocenters. The van der Waals surface area contributed by atoms with Gasteiger partial charge in [-0.2, -0.15) is 0 Å². The Morgan fingerprint density at radius 2 is 0.950 bits per heavy atom. The van der Waals surface area contributed by atoms with Crippen LogP contribution < -0.4 is 15.6 Å². The summed E-state index contributed by atoms with van der Waals surface area (Å²) in [5, 5.41) is 45.7. The van der Waals surface area contributed by atoms with Gasteiger partial charge in [-0.1, -0.05) is 48.5 Å². The van der Waals surface area contributed by atoms with Crippen LogP contribution in [0.3, 0.4) is 0 Å². The molecule has 0 aliphatic heterocycles. The average Bonchev–Trinajstić information content (AvgIpc) is 2.96. The summed E-state index contributed by atoms with van der Waals surface area (Å²) in [4.78, 5) is 15.8. The fourth-order valence-electron chi connectivity index (χ4n) is 3.68. The molecule has 40 heavy (non-hydrogen) atoms. The Morgan fingerprint density at radius 3 is 1.27 bits per heavy atom. The van der Waals surface area contributed by atoms with Crippen LogP contribution in [0.2, 0.25) is 0 Å². The van der Waals surface area contributed by atoms with Gasteiger partial charge in [-0.3, -0.25) is 19.9 Å². The monoisotopic (exact) mass is 542 g/mol. The Balaban J connectivity index is 1.52. The van der Waals surface area contributed by atoms with Gasteiger partial charge < -0.3 is 29.8 Å². The summed E-state index contributed by atoms with van der Waals surface area (Å²) < 4.78 is 5.04. The number of rotatable bonds is 16. The van der Waals surface area contributed by atoms with Crippen molar-refractivity contribution in [2.24, 2.45) is 15.0 Å². The zero-order valence-electron chi connectivity index (χ0n) is 22.2. The van der Waals surface area contributed by atoms with Crippen molar-refractivity contribution in [3.05, 3.63) is 89.5 Å². The van der Waals surface area contributed by atoms with Crippen molar-refractivity contribution in [1.29, 1.82) is 0 Å². The molecule has 0 heterocycles. The normalized spacial score (nSPS) is 11.7. The molecule has 206 valence electrons. The van der Waals surface area contributed by atoms with Gasteiger partial charge >= 0.3 is 21.9 Å². The molecule has 0 aromatic heterocycles. The summed E-state index contributed by atoms with van der Waals surface area (Å²) in [6, 6.07) is 21.1. The second-order valence-corrected chi connectivity index (χ2v) is 8.87. The molecule has 0 bridgehead atoms. The Labute approximate surface area is 235 Å². The van der Waals surface area contributed by atoms with E-state index in [9.17, 15) is 20.1 Å². The van der Waals surface area contributed by atoms with E-state index in [0.717, 1.165) is 23.2 Å². The Hall–Kier alpha value is -3.58. The molecule has 0 atom stereocenters. The SMILES string of the molecule is OBOc1ccc(C=NCCN(CCN=Cc2ccc(B(O)O)cc2)CCN=Cc2ccc(B(O)O)cc2)cc1. The predicted molar refractivity (Wildman–Crippen MR) is 163 cm³/mol. The van der Waals surface area contributed by atoms with Gasteiger partial charge in [-0.15, -0.1) is 0 Å². The summed E-state index contributed by atoms with van der Waals surface area (Å²) in [6.07, 6.45) is 5.33. The van der Waals surface area contributed by atoms with E-state index in [4.69, 9.17) is 9.68 Å². The first-order valence-electron chi connectivity index (χ1n) is 12.9. The summed E-state index contributed by atoms with van der Waals surface area (Å²) in [5.74, 6) is 0.593. The molecule has 13 heteroatoms. The molecular weight excluding hydrogens is 509 g/mol. The average molecular weight is 542 g/mol. The molecule has 0 fully saturated rings. The smallest absolute Gasteiger partial charge is 0.504 e. The van der Waals surface area contributed by atoms with Gasteiger partial charge in [0.2, 0.25) is 0 Å². The number of nitrogens with zero attached hydrogens (tertiary/aromatic N) is 4. The van der Waals surface area contributed by atoms with Crippen molar-refractivity contribution in [2.75, 3.05) is 39.3 Å². The number of hydrogen-bond donors (Lipinski definition) is 5. The Morgan fingerprint density at radius 1 is 0.600 bits per heavy atom. The fraction of sp³-hybridized carbons (Fsp3) is 0.222. The summed E-state index contributed by atoms with van der Waals surface area (Å²) in [7, 11) is -3.34. The van der Waals surface area contributed by atoms with Crippen LogP contribution in [0.5, 0.6) is 5.75 Å². The van der Waals surface area contributed by atoms with E-state index in [2.05, 4.69) is 19.9 Å². The maximum atomic E-state index is 9.22. The Kier molecular flexibility index (Phi) is 13.3. The van der Waals surface area contributed by atoms with Gasteiger partial charge in [-0.05, 0) is 51.9 Å². The highest BCUT2D eigenvalue weighted by Crippen LogP contribution is 2.10. The van der Waals surface area contributed by atoms with Crippen LogP contribution in [0.15, 0.2) is 87.8 Å².